The summed E-state index contributed by atoms with van der Waals surface area (Å²) in [6.07, 6.45) is 2.71. The Morgan fingerprint density at radius 3 is 2.76 bits per heavy atom. The number of carbonyl (C=O) groups excluding carboxylic acids is 1. The van der Waals surface area contributed by atoms with Gasteiger partial charge in [-0.1, -0.05) is 45.0 Å². The first kappa shape index (κ1) is 15.7. The van der Waals surface area contributed by atoms with Gasteiger partial charge >= 0.3 is 0 Å². The number of hydrogen-bond acceptors (Lipinski definition) is 3. The predicted molar refractivity (Wildman–Crippen MR) is 88.4 cm³/mol. The van der Waals surface area contributed by atoms with Crippen LogP contribution in [-0.2, 0) is 4.79 Å². The van der Waals surface area contributed by atoms with Crippen LogP contribution in [0.2, 0.25) is 0 Å². The molecule has 1 atom stereocenters. The fourth-order valence-corrected chi connectivity index (χ4v) is 2.90. The van der Waals surface area contributed by atoms with Crippen molar-refractivity contribution in [3.05, 3.63) is 47.4 Å². The van der Waals surface area contributed by atoms with Gasteiger partial charge in [0.25, 0.3) is 0 Å². The average Bonchev–Trinajstić information content (AvgIpc) is 2.85. The molecule has 0 aliphatic rings. The Bertz CT molecular complexity index is 619. The topological polar surface area (TPSA) is 49.3 Å². The minimum absolute atomic E-state index is 0.0264. The van der Waals surface area contributed by atoms with Crippen LogP contribution in [0.15, 0.2) is 42.5 Å². The third-order valence-corrected chi connectivity index (χ3v) is 4.19. The number of thiophene rings is 1. The summed E-state index contributed by atoms with van der Waals surface area (Å²) in [6.45, 7) is 6.31. The molecular weight excluding hydrogens is 282 g/mol. The maximum absolute atomic E-state index is 11.7. The first-order valence-corrected chi connectivity index (χ1v) is 7.80. The number of aliphatic hydroxyl groups excluding tert-OH is 1. The maximum Gasteiger partial charge on any atom is 0.243 e. The molecule has 0 spiro atoms. The fourth-order valence-electron chi connectivity index (χ4n) is 1.85. The van der Waals surface area contributed by atoms with Crippen molar-refractivity contribution in [2.24, 2.45) is 5.41 Å². The molecule has 0 aliphatic heterocycles. The minimum atomic E-state index is -0.672. The van der Waals surface area contributed by atoms with Gasteiger partial charge in [-0.15, -0.1) is 11.3 Å². The first-order chi connectivity index (χ1) is 9.85. The standard InChI is InChI=1S/C17H21NO2S/c1-17(2,3)9-8-16(20)18-11-13(19)15-10-12-6-4-5-7-14(12)21-15/h4-10,13,19H,11H2,1-3H3,(H,18,20)/b9-8+. The Balaban J connectivity index is 1.94. The van der Waals surface area contributed by atoms with Gasteiger partial charge in [-0.3, -0.25) is 4.79 Å². The van der Waals surface area contributed by atoms with Crippen molar-refractivity contribution in [3.63, 3.8) is 0 Å². The molecule has 0 aliphatic carbocycles. The number of rotatable bonds is 4. The molecular formula is C17H21NO2S. The molecule has 21 heavy (non-hydrogen) atoms. The molecule has 1 amide bonds. The van der Waals surface area contributed by atoms with Crippen molar-refractivity contribution in [1.29, 1.82) is 0 Å². The lowest BCUT2D eigenvalue weighted by molar-refractivity contribution is -0.117. The van der Waals surface area contributed by atoms with Crippen molar-refractivity contribution in [1.82, 2.24) is 5.32 Å². The van der Waals surface area contributed by atoms with Crippen molar-refractivity contribution in [2.45, 2.75) is 26.9 Å². The molecule has 2 aromatic rings. The van der Waals surface area contributed by atoms with Crippen LogP contribution < -0.4 is 5.32 Å². The van der Waals surface area contributed by atoms with Crippen molar-refractivity contribution >= 4 is 27.3 Å². The summed E-state index contributed by atoms with van der Waals surface area (Å²) in [5.41, 5.74) is -0.0264. The third kappa shape index (κ3) is 4.69. The number of nitrogens with one attached hydrogen (secondary N) is 1. The van der Waals surface area contributed by atoms with Gasteiger partial charge in [0, 0.05) is 16.1 Å². The zero-order chi connectivity index (χ0) is 15.5. The second kappa shape index (κ2) is 6.41. The monoisotopic (exact) mass is 303 g/mol. The van der Waals surface area contributed by atoms with Crippen LogP contribution in [0.4, 0.5) is 0 Å². The first-order valence-electron chi connectivity index (χ1n) is 6.99. The van der Waals surface area contributed by atoms with Crippen LogP contribution in [0.5, 0.6) is 0 Å². The summed E-state index contributed by atoms with van der Waals surface area (Å²) < 4.78 is 1.14. The average molecular weight is 303 g/mol. The van der Waals surface area contributed by atoms with Gasteiger partial charge in [-0.05, 0) is 29.0 Å². The normalized spacial score (nSPS) is 13.7. The van der Waals surface area contributed by atoms with Crippen LogP contribution in [0.25, 0.3) is 10.1 Å². The summed E-state index contributed by atoms with van der Waals surface area (Å²) >= 11 is 1.56. The number of fused-ring (bicyclic) bond motifs is 1. The van der Waals surface area contributed by atoms with Gasteiger partial charge < -0.3 is 10.4 Å². The lowest BCUT2D eigenvalue weighted by atomic mass is 9.96. The molecule has 1 unspecified atom stereocenters. The Kier molecular flexibility index (Phi) is 4.80. The van der Waals surface area contributed by atoms with E-state index in [1.54, 1.807) is 11.3 Å². The molecule has 112 valence electrons. The number of amides is 1. The number of benzene rings is 1. The molecule has 0 fully saturated rings. The number of carbonyl (C=O) groups is 1. The Labute approximate surface area is 129 Å². The van der Waals surface area contributed by atoms with E-state index in [-0.39, 0.29) is 17.9 Å². The SMILES string of the molecule is CC(C)(C)/C=C/C(=O)NCC(O)c1cc2ccccc2s1. The molecule has 4 heteroatoms. The number of hydrogen-bond donors (Lipinski definition) is 2. The molecule has 2 rings (SSSR count). The van der Waals surface area contributed by atoms with Crippen LogP contribution in [0, 0.1) is 5.41 Å². The zero-order valence-electron chi connectivity index (χ0n) is 12.6. The van der Waals surface area contributed by atoms with E-state index in [4.69, 9.17) is 0 Å². The van der Waals surface area contributed by atoms with E-state index in [0.717, 1.165) is 15.0 Å². The molecule has 1 aromatic heterocycles. The Morgan fingerprint density at radius 2 is 2.10 bits per heavy atom. The summed E-state index contributed by atoms with van der Waals surface area (Å²) in [5, 5.41) is 14.0. The van der Waals surface area contributed by atoms with Crippen LogP contribution in [0.1, 0.15) is 31.8 Å². The second-order valence-electron chi connectivity index (χ2n) is 6.15. The molecule has 0 bridgehead atoms. The van der Waals surface area contributed by atoms with Crippen LogP contribution in [-0.4, -0.2) is 17.6 Å². The van der Waals surface area contributed by atoms with Gasteiger partial charge in [0.15, 0.2) is 0 Å². The van der Waals surface area contributed by atoms with E-state index >= 15 is 0 Å². The predicted octanol–water partition coefficient (Wildman–Crippen LogP) is 3.65. The molecule has 0 saturated carbocycles. The Hall–Kier alpha value is -1.65. The molecule has 1 heterocycles. The highest BCUT2D eigenvalue weighted by atomic mass is 32.1. The highest BCUT2D eigenvalue weighted by molar-refractivity contribution is 7.19. The van der Waals surface area contributed by atoms with Crippen molar-refractivity contribution < 1.29 is 9.90 Å². The van der Waals surface area contributed by atoms with E-state index in [1.165, 1.54) is 6.08 Å². The number of aliphatic hydroxyl groups is 1. The molecule has 2 N–H and O–H groups in total. The Morgan fingerprint density at radius 1 is 1.38 bits per heavy atom. The zero-order valence-corrected chi connectivity index (χ0v) is 13.4. The number of allylic oxidation sites excluding steroid dienone is 1. The largest absolute Gasteiger partial charge is 0.386 e. The van der Waals surface area contributed by atoms with E-state index in [9.17, 15) is 9.90 Å². The molecule has 1 aromatic carbocycles. The van der Waals surface area contributed by atoms with E-state index < -0.39 is 6.10 Å². The van der Waals surface area contributed by atoms with Gasteiger partial charge in [0.05, 0.1) is 0 Å². The molecule has 0 radical (unpaired) electrons. The highest BCUT2D eigenvalue weighted by Gasteiger charge is 2.12. The maximum atomic E-state index is 11.7. The lowest BCUT2D eigenvalue weighted by Gasteiger charge is -2.12. The van der Waals surface area contributed by atoms with Crippen molar-refractivity contribution in [3.8, 4) is 0 Å². The van der Waals surface area contributed by atoms with Gasteiger partial charge in [0.1, 0.15) is 6.10 Å². The van der Waals surface area contributed by atoms with E-state index in [0.29, 0.717) is 0 Å². The molecule has 3 nitrogen and oxygen atoms in total. The summed E-state index contributed by atoms with van der Waals surface area (Å²) in [7, 11) is 0. The fraction of sp³-hybridized carbons (Fsp3) is 0.353. The quantitative estimate of drug-likeness (QED) is 0.847. The van der Waals surface area contributed by atoms with Crippen LogP contribution in [0.3, 0.4) is 0 Å². The highest BCUT2D eigenvalue weighted by Crippen LogP contribution is 2.29. The minimum Gasteiger partial charge on any atom is -0.386 e. The summed E-state index contributed by atoms with van der Waals surface area (Å²) in [4.78, 5) is 12.6. The van der Waals surface area contributed by atoms with Gasteiger partial charge in [-0.25, -0.2) is 0 Å². The van der Waals surface area contributed by atoms with Gasteiger partial charge in [-0.2, -0.15) is 0 Å². The third-order valence-electron chi connectivity index (χ3n) is 2.98. The summed E-state index contributed by atoms with van der Waals surface area (Å²) in [6, 6.07) is 9.98. The molecule has 0 saturated heterocycles. The van der Waals surface area contributed by atoms with E-state index in [2.05, 4.69) is 5.32 Å². The lowest BCUT2D eigenvalue weighted by Crippen LogP contribution is -2.26. The smallest absolute Gasteiger partial charge is 0.243 e. The van der Waals surface area contributed by atoms with Gasteiger partial charge in [0.2, 0.25) is 5.91 Å². The van der Waals surface area contributed by atoms with Crippen molar-refractivity contribution in [2.75, 3.05) is 6.54 Å². The van der Waals surface area contributed by atoms with E-state index in [1.807, 2.05) is 57.2 Å². The second-order valence-corrected chi connectivity index (χ2v) is 7.26. The van der Waals surface area contributed by atoms with Crippen LogP contribution >= 0.6 is 11.3 Å². The summed E-state index contributed by atoms with van der Waals surface area (Å²) in [5.74, 6) is -0.176.